The number of nitrogens with zero attached hydrogens (tertiary/aromatic N) is 1. The zero-order chi connectivity index (χ0) is 23.3. The molecular weight excluding hydrogens is 420 g/mol. The number of piperidine rings is 1. The predicted octanol–water partition coefficient (Wildman–Crippen LogP) is 4.90. The van der Waals surface area contributed by atoms with Gasteiger partial charge in [-0.25, -0.2) is 0 Å². The van der Waals surface area contributed by atoms with Crippen LogP contribution in [0.5, 0.6) is 5.75 Å². The molecule has 3 aromatic carbocycles. The first-order valence-corrected chi connectivity index (χ1v) is 12.3. The lowest BCUT2D eigenvalue weighted by Crippen LogP contribution is -2.66. The van der Waals surface area contributed by atoms with Crippen molar-refractivity contribution in [2.24, 2.45) is 0 Å². The first kappa shape index (κ1) is 21.5. The molecule has 2 heterocycles. The maximum absolute atomic E-state index is 12.5. The largest absolute Gasteiger partial charge is 0.508 e. The van der Waals surface area contributed by atoms with Crippen LogP contribution in [0.3, 0.4) is 0 Å². The number of nitrogens with one attached hydrogen (secondary N) is 1. The monoisotopic (exact) mass is 452 g/mol. The Kier molecular flexibility index (Phi) is 5.05. The number of phenols is 1. The van der Waals surface area contributed by atoms with Gasteiger partial charge in [0.25, 0.3) is 0 Å². The fourth-order valence-corrected chi connectivity index (χ4v) is 6.47. The highest BCUT2D eigenvalue weighted by Gasteiger charge is 2.57. The molecule has 1 aromatic heterocycles. The Morgan fingerprint density at radius 2 is 1.82 bits per heavy atom. The van der Waals surface area contributed by atoms with Gasteiger partial charge in [0.1, 0.15) is 5.75 Å². The van der Waals surface area contributed by atoms with Crippen molar-refractivity contribution in [3.63, 3.8) is 0 Å². The van der Waals surface area contributed by atoms with Crippen molar-refractivity contribution in [3.05, 3.63) is 101 Å². The molecular formula is C30H32N2O2. The fourth-order valence-electron chi connectivity index (χ4n) is 6.47. The molecule has 0 amide bonds. The Bertz CT molecular complexity index is 1340. The van der Waals surface area contributed by atoms with Gasteiger partial charge in [0, 0.05) is 47.9 Å². The van der Waals surface area contributed by atoms with Gasteiger partial charge in [-0.05, 0) is 66.8 Å². The average molecular weight is 453 g/mol. The summed E-state index contributed by atoms with van der Waals surface area (Å²) in [6, 6.07) is 24.7. The molecule has 2 aliphatic rings. The van der Waals surface area contributed by atoms with E-state index in [9.17, 15) is 10.2 Å². The molecule has 2 atom stereocenters. The number of benzene rings is 3. The minimum absolute atomic E-state index is 0.263. The van der Waals surface area contributed by atoms with Gasteiger partial charge in [-0.1, -0.05) is 54.6 Å². The first-order valence-electron chi connectivity index (χ1n) is 12.3. The zero-order valence-corrected chi connectivity index (χ0v) is 19.7. The number of H-pyrrole nitrogens is 1. The SMILES string of the molecule is Cc1ccc2c3c([nH]c2c1)CC1(c2cccc(O)c2)CCN(CCc2ccccc2)CC1(O)C3. The lowest BCUT2D eigenvalue weighted by molar-refractivity contribution is -0.102. The van der Waals surface area contributed by atoms with Crippen LogP contribution in [-0.2, 0) is 24.7 Å². The van der Waals surface area contributed by atoms with Crippen LogP contribution in [0.2, 0.25) is 0 Å². The summed E-state index contributed by atoms with van der Waals surface area (Å²) in [5, 5.41) is 24.0. The summed E-state index contributed by atoms with van der Waals surface area (Å²) in [5.41, 5.74) is 5.89. The molecule has 1 aliphatic carbocycles. The Morgan fingerprint density at radius 1 is 0.971 bits per heavy atom. The van der Waals surface area contributed by atoms with E-state index in [1.807, 2.05) is 12.1 Å². The van der Waals surface area contributed by atoms with E-state index in [1.54, 1.807) is 6.07 Å². The van der Waals surface area contributed by atoms with Crippen LogP contribution < -0.4 is 0 Å². The van der Waals surface area contributed by atoms with Crippen molar-refractivity contribution >= 4 is 10.9 Å². The zero-order valence-electron chi connectivity index (χ0n) is 19.7. The maximum atomic E-state index is 12.5. The quantitative estimate of drug-likeness (QED) is 0.413. The van der Waals surface area contributed by atoms with Crippen LogP contribution in [0.25, 0.3) is 10.9 Å². The van der Waals surface area contributed by atoms with E-state index in [0.717, 1.165) is 43.4 Å². The van der Waals surface area contributed by atoms with Crippen LogP contribution in [0.4, 0.5) is 0 Å². The molecule has 34 heavy (non-hydrogen) atoms. The van der Waals surface area contributed by atoms with Gasteiger partial charge >= 0.3 is 0 Å². The number of β-amino-alcohol motifs (C(OH)–C–C–N with tert-alkyl or cyclic N) is 1. The van der Waals surface area contributed by atoms with Crippen LogP contribution in [0, 0.1) is 6.92 Å². The number of aromatic amines is 1. The van der Waals surface area contributed by atoms with Gasteiger partial charge in [-0.15, -0.1) is 0 Å². The molecule has 3 N–H and O–H groups in total. The number of hydrogen-bond donors (Lipinski definition) is 3. The first-order chi connectivity index (χ1) is 16.5. The lowest BCUT2D eigenvalue weighted by atomic mass is 9.56. The molecule has 0 bridgehead atoms. The molecule has 174 valence electrons. The average Bonchev–Trinajstić information content (AvgIpc) is 3.16. The van der Waals surface area contributed by atoms with Crippen molar-refractivity contribution in [2.45, 2.75) is 43.6 Å². The highest BCUT2D eigenvalue weighted by atomic mass is 16.3. The summed E-state index contributed by atoms with van der Waals surface area (Å²) in [7, 11) is 0. The van der Waals surface area contributed by atoms with Crippen molar-refractivity contribution < 1.29 is 10.2 Å². The topological polar surface area (TPSA) is 59.5 Å². The smallest absolute Gasteiger partial charge is 0.115 e. The Hall–Kier alpha value is -3.08. The second-order valence-electron chi connectivity index (χ2n) is 10.4. The summed E-state index contributed by atoms with van der Waals surface area (Å²) in [6.45, 7) is 4.61. The highest BCUT2D eigenvalue weighted by molar-refractivity contribution is 5.86. The number of aromatic hydroxyl groups is 1. The molecule has 1 fully saturated rings. The van der Waals surface area contributed by atoms with Crippen molar-refractivity contribution in [1.29, 1.82) is 0 Å². The maximum Gasteiger partial charge on any atom is 0.115 e. The van der Waals surface area contributed by atoms with Crippen molar-refractivity contribution in [1.82, 2.24) is 9.88 Å². The van der Waals surface area contributed by atoms with Gasteiger partial charge in [-0.3, -0.25) is 0 Å². The standard InChI is InChI=1S/C30H32N2O2/c1-21-10-11-25-26-18-30(34)20-32(14-12-22-6-3-2-4-7-22)15-13-29(30,19-28(26)31-27(25)16-21)23-8-5-9-24(33)17-23/h2-11,16-17,31,33-34H,12-15,18-20H2,1H3. The minimum atomic E-state index is -0.914. The van der Waals surface area contributed by atoms with Crippen LogP contribution in [0.15, 0.2) is 72.8 Å². The summed E-state index contributed by atoms with van der Waals surface area (Å²) >= 11 is 0. The van der Waals surface area contributed by atoms with E-state index in [0.29, 0.717) is 13.0 Å². The van der Waals surface area contributed by atoms with Crippen LogP contribution >= 0.6 is 0 Å². The third kappa shape index (κ3) is 3.44. The number of aromatic nitrogens is 1. The Balaban J connectivity index is 1.40. The summed E-state index contributed by atoms with van der Waals surface area (Å²) in [5.74, 6) is 0.263. The highest BCUT2D eigenvalue weighted by Crippen LogP contribution is 2.51. The van der Waals surface area contributed by atoms with Crippen LogP contribution in [-0.4, -0.2) is 45.3 Å². The Labute approximate surface area is 200 Å². The molecule has 0 radical (unpaired) electrons. The predicted molar refractivity (Wildman–Crippen MR) is 136 cm³/mol. The Morgan fingerprint density at radius 3 is 2.65 bits per heavy atom. The molecule has 4 aromatic rings. The second-order valence-corrected chi connectivity index (χ2v) is 10.4. The summed E-state index contributed by atoms with van der Waals surface area (Å²) in [6.07, 6.45) is 3.20. The van der Waals surface area contributed by atoms with Gasteiger partial charge in [-0.2, -0.15) is 0 Å². The van der Waals surface area contributed by atoms with Gasteiger partial charge in [0.2, 0.25) is 0 Å². The van der Waals surface area contributed by atoms with Gasteiger partial charge in [0.15, 0.2) is 0 Å². The van der Waals surface area contributed by atoms with Gasteiger partial charge < -0.3 is 20.1 Å². The lowest BCUT2D eigenvalue weighted by Gasteiger charge is -2.56. The summed E-state index contributed by atoms with van der Waals surface area (Å²) in [4.78, 5) is 6.12. The number of aliphatic hydroxyl groups is 1. The molecule has 1 saturated heterocycles. The van der Waals surface area contributed by atoms with E-state index < -0.39 is 11.0 Å². The molecule has 0 saturated carbocycles. The number of fused-ring (bicyclic) bond motifs is 4. The van der Waals surface area contributed by atoms with E-state index in [-0.39, 0.29) is 5.75 Å². The van der Waals surface area contributed by atoms with E-state index in [2.05, 4.69) is 71.4 Å². The number of rotatable bonds is 4. The van der Waals surface area contributed by atoms with Crippen molar-refractivity contribution in [3.8, 4) is 5.75 Å². The normalized spacial score (nSPS) is 24.6. The number of likely N-dealkylation sites (tertiary alicyclic amines) is 1. The number of aryl methyl sites for hydroxylation is 1. The molecule has 0 spiro atoms. The number of phenolic OH excluding ortho intramolecular Hbond substituents is 1. The molecule has 1 aliphatic heterocycles. The molecule has 2 unspecified atom stereocenters. The summed E-state index contributed by atoms with van der Waals surface area (Å²) < 4.78 is 0. The second kappa shape index (κ2) is 8.00. The molecule has 6 rings (SSSR count). The third-order valence-corrected chi connectivity index (χ3v) is 8.29. The van der Waals surface area contributed by atoms with E-state index in [1.165, 1.54) is 27.8 Å². The third-order valence-electron chi connectivity index (χ3n) is 8.29. The van der Waals surface area contributed by atoms with E-state index in [4.69, 9.17) is 0 Å². The fraction of sp³-hybridized carbons (Fsp3) is 0.333. The number of hydrogen-bond acceptors (Lipinski definition) is 3. The van der Waals surface area contributed by atoms with Crippen molar-refractivity contribution in [2.75, 3.05) is 19.6 Å². The van der Waals surface area contributed by atoms with Gasteiger partial charge in [0.05, 0.1) is 5.60 Å². The molecule has 4 nitrogen and oxygen atoms in total. The minimum Gasteiger partial charge on any atom is -0.508 e. The van der Waals surface area contributed by atoms with E-state index >= 15 is 0 Å². The van der Waals surface area contributed by atoms with Crippen LogP contribution in [0.1, 0.15) is 34.4 Å². The molecule has 4 heteroatoms.